The second kappa shape index (κ2) is 7.48. The van der Waals surface area contributed by atoms with Gasteiger partial charge >= 0.3 is 0 Å². The van der Waals surface area contributed by atoms with Crippen LogP contribution in [0.2, 0.25) is 0 Å². The molecular formula is C23H24N4O3. The largest absolute Gasteiger partial charge is 0.488 e. The number of rotatable bonds is 2. The number of carbonyl (C=O) groups is 1. The number of aryl methyl sites for hydroxylation is 1. The lowest BCUT2D eigenvalue weighted by molar-refractivity contribution is 0.0723. The Morgan fingerprint density at radius 3 is 2.73 bits per heavy atom. The minimum atomic E-state index is -0.0135. The van der Waals surface area contributed by atoms with E-state index in [4.69, 9.17) is 4.74 Å². The molecule has 3 aromatic rings. The number of fused-ring (bicyclic) bond motifs is 2. The number of pyridine rings is 2. The second-order valence-electron chi connectivity index (χ2n) is 7.90. The molecule has 0 saturated carbocycles. The maximum Gasteiger partial charge on any atom is 0.258 e. The van der Waals surface area contributed by atoms with Gasteiger partial charge in [0.25, 0.3) is 11.5 Å². The number of amides is 1. The van der Waals surface area contributed by atoms with Crippen molar-refractivity contribution in [1.82, 2.24) is 14.5 Å². The molecule has 0 spiro atoms. The molecule has 0 aliphatic carbocycles. The second-order valence-corrected chi connectivity index (χ2v) is 7.90. The van der Waals surface area contributed by atoms with Crippen molar-refractivity contribution in [1.29, 1.82) is 0 Å². The highest BCUT2D eigenvalue weighted by Gasteiger charge is 2.25. The summed E-state index contributed by atoms with van der Waals surface area (Å²) in [6, 6.07) is 9.54. The summed E-state index contributed by atoms with van der Waals surface area (Å²) in [4.78, 5) is 33.7. The van der Waals surface area contributed by atoms with Gasteiger partial charge in [-0.3, -0.25) is 9.59 Å². The lowest BCUT2D eigenvalue weighted by Gasteiger charge is -2.31. The van der Waals surface area contributed by atoms with Crippen molar-refractivity contribution in [3.63, 3.8) is 0 Å². The van der Waals surface area contributed by atoms with Gasteiger partial charge in [-0.2, -0.15) is 0 Å². The van der Waals surface area contributed by atoms with Crippen LogP contribution in [0.25, 0.3) is 10.8 Å². The summed E-state index contributed by atoms with van der Waals surface area (Å²) in [5.74, 6) is 1.33. The summed E-state index contributed by atoms with van der Waals surface area (Å²) in [5, 5.41) is 1.58. The van der Waals surface area contributed by atoms with Gasteiger partial charge in [-0.05, 0) is 55.0 Å². The summed E-state index contributed by atoms with van der Waals surface area (Å²) >= 11 is 0. The third-order valence-electron chi connectivity index (χ3n) is 5.93. The molecule has 2 aliphatic heterocycles. The van der Waals surface area contributed by atoms with Crippen LogP contribution < -0.4 is 15.2 Å². The number of ether oxygens (including phenoxy) is 1. The molecule has 2 aromatic heterocycles. The van der Waals surface area contributed by atoms with Crippen molar-refractivity contribution in [3.05, 3.63) is 58.6 Å². The van der Waals surface area contributed by atoms with Crippen molar-refractivity contribution in [2.24, 2.45) is 7.05 Å². The van der Waals surface area contributed by atoms with E-state index in [1.54, 1.807) is 24.0 Å². The van der Waals surface area contributed by atoms with Crippen molar-refractivity contribution in [2.45, 2.75) is 19.3 Å². The minimum Gasteiger partial charge on any atom is -0.488 e. The molecule has 154 valence electrons. The van der Waals surface area contributed by atoms with Crippen LogP contribution in [-0.4, -0.2) is 46.6 Å². The van der Waals surface area contributed by atoms with E-state index in [1.165, 1.54) is 6.42 Å². The van der Waals surface area contributed by atoms with E-state index in [0.717, 1.165) is 37.0 Å². The number of carbonyl (C=O) groups excluding carboxylic acids is 1. The van der Waals surface area contributed by atoms with E-state index in [0.29, 0.717) is 35.7 Å². The molecule has 1 amide bonds. The Morgan fingerprint density at radius 1 is 1.07 bits per heavy atom. The van der Waals surface area contributed by atoms with Crippen LogP contribution in [0, 0.1) is 0 Å². The van der Waals surface area contributed by atoms with Crippen LogP contribution >= 0.6 is 0 Å². The first kappa shape index (κ1) is 18.7. The normalized spacial score (nSPS) is 16.3. The predicted octanol–water partition coefficient (Wildman–Crippen LogP) is 3.09. The van der Waals surface area contributed by atoms with Crippen molar-refractivity contribution in [2.75, 3.05) is 31.1 Å². The third-order valence-corrected chi connectivity index (χ3v) is 5.93. The molecule has 0 radical (unpaired) electrons. The fourth-order valence-electron chi connectivity index (χ4n) is 4.25. The molecule has 4 heterocycles. The number of likely N-dealkylation sites (tertiary alicyclic amines) is 1. The molecule has 2 aliphatic rings. The van der Waals surface area contributed by atoms with Crippen LogP contribution in [0.15, 0.2) is 47.5 Å². The van der Waals surface area contributed by atoms with Crippen molar-refractivity contribution < 1.29 is 9.53 Å². The van der Waals surface area contributed by atoms with Crippen LogP contribution in [-0.2, 0) is 7.05 Å². The molecule has 5 rings (SSSR count). The summed E-state index contributed by atoms with van der Waals surface area (Å²) in [7, 11) is 1.75. The topological polar surface area (TPSA) is 67.7 Å². The van der Waals surface area contributed by atoms with Gasteiger partial charge in [0, 0.05) is 43.6 Å². The van der Waals surface area contributed by atoms with E-state index < -0.39 is 0 Å². The van der Waals surface area contributed by atoms with E-state index in [9.17, 15) is 9.59 Å². The molecule has 0 N–H and O–H groups in total. The number of hydrogen-bond donors (Lipinski definition) is 0. The first-order chi connectivity index (χ1) is 14.6. The Labute approximate surface area is 174 Å². The van der Waals surface area contributed by atoms with Gasteiger partial charge in [-0.25, -0.2) is 4.98 Å². The van der Waals surface area contributed by atoms with Gasteiger partial charge < -0.3 is 19.1 Å². The smallest absolute Gasteiger partial charge is 0.258 e. The molecule has 30 heavy (non-hydrogen) atoms. The molecule has 1 aromatic carbocycles. The zero-order valence-corrected chi connectivity index (χ0v) is 17.0. The number of benzene rings is 1. The van der Waals surface area contributed by atoms with Gasteiger partial charge in [0.15, 0.2) is 11.6 Å². The fourth-order valence-corrected chi connectivity index (χ4v) is 4.25. The zero-order chi connectivity index (χ0) is 20.7. The van der Waals surface area contributed by atoms with Gasteiger partial charge in [0.1, 0.15) is 6.61 Å². The number of hydrogen-bond acceptors (Lipinski definition) is 5. The standard InChI is InChI=1S/C23H24N4O3/c1-25-10-7-16-13-18(5-6-19(16)23(25)29)27-11-12-30-20-14-17(15-24-21(20)27)22(28)26-8-3-2-4-9-26/h5-7,10,13-15H,2-4,8-9,11-12H2,1H3. The highest BCUT2D eigenvalue weighted by atomic mass is 16.5. The van der Waals surface area contributed by atoms with Gasteiger partial charge in [-0.15, -0.1) is 0 Å². The Bertz CT molecular complexity index is 1180. The molecule has 7 heteroatoms. The zero-order valence-electron chi connectivity index (χ0n) is 17.0. The number of nitrogens with zero attached hydrogens (tertiary/aromatic N) is 4. The molecule has 7 nitrogen and oxygen atoms in total. The maximum atomic E-state index is 12.8. The highest BCUT2D eigenvalue weighted by Crippen LogP contribution is 2.36. The molecular weight excluding hydrogens is 380 g/mol. The average molecular weight is 404 g/mol. The van der Waals surface area contributed by atoms with Crippen molar-refractivity contribution in [3.8, 4) is 5.75 Å². The van der Waals surface area contributed by atoms with Crippen molar-refractivity contribution >= 4 is 28.2 Å². The highest BCUT2D eigenvalue weighted by molar-refractivity contribution is 5.95. The van der Waals surface area contributed by atoms with Crippen LogP contribution in [0.1, 0.15) is 29.6 Å². The van der Waals surface area contributed by atoms with Gasteiger partial charge in [0.05, 0.1) is 12.1 Å². The average Bonchev–Trinajstić information content (AvgIpc) is 2.80. The summed E-state index contributed by atoms with van der Waals surface area (Å²) in [6.45, 7) is 2.76. The van der Waals surface area contributed by atoms with Crippen LogP contribution in [0.3, 0.4) is 0 Å². The fraction of sp³-hybridized carbons (Fsp3) is 0.348. The van der Waals surface area contributed by atoms with E-state index in [2.05, 4.69) is 9.88 Å². The number of anilines is 2. The minimum absolute atomic E-state index is 0.0135. The van der Waals surface area contributed by atoms with Gasteiger partial charge in [-0.1, -0.05) is 0 Å². The monoisotopic (exact) mass is 404 g/mol. The summed E-state index contributed by atoms with van der Waals surface area (Å²) in [6.07, 6.45) is 6.72. The lowest BCUT2D eigenvalue weighted by Crippen LogP contribution is -2.36. The Morgan fingerprint density at radius 2 is 1.90 bits per heavy atom. The van der Waals surface area contributed by atoms with Gasteiger partial charge in [0.2, 0.25) is 0 Å². The summed E-state index contributed by atoms with van der Waals surface area (Å²) in [5.41, 5.74) is 1.50. The number of piperidine rings is 1. The Balaban J connectivity index is 1.48. The maximum absolute atomic E-state index is 12.8. The SMILES string of the molecule is Cn1ccc2cc(N3CCOc4cc(C(=O)N5CCCCC5)cnc43)ccc2c1=O. The first-order valence-corrected chi connectivity index (χ1v) is 10.4. The molecule has 1 saturated heterocycles. The Kier molecular flexibility index (Phi) is 4.65. The third kappa shape index (κ3) is 3.20. The quantitative estimate of drug-likeness (QED) is 0.657. The molecule has 0 atom stereocenters. The first-order valence-electron chi connectivity index (χ1n) is 10.4. The molecule has 1 fully saturated rings. The van der Waals surface area contributed by atoms with Crippen LogP contribution in [0.5, 0.6) is 5.75 Å². The Hall–Kier alpha value is -3.35. The van der Waals surface area contributed by atoms with E-state index in [1.807, 2.05) is 35.2 Å². The molecule has 0 unspecified atom stereocenters. The van der Waals surface area contributed by atoms with E-state index in [-0.39, 0.29) is 11.5 Å². The lowest BCUT2D eigenvalue weighted by atomic mass is 10.1. The predicted molar refractivity (Wildman–Crippen MR) is 116 cm³/mol. The summed E-state index contributed by atoms with van der Waals surface area (Å²) < 4.78 is 7.43. The number of aromatic nitrogens is 2. The van der Waals surface area contributed by atoms with E-state index >= 15 is 0 Å². The molecule has 0 bridgehead atoms. The van der Waals surface area contributed by atoms with Crippen LogP contribution in [0.4, 0.5) is 11.5 Å².